The van der Waals surface area contributed by atoms with Crippen LogP contribution in [-0.2, 0) is 0 Å². The Morgan fingerprint density at radius 2 is 2.06 bits per heavy atom. The predicted molar refractivity (Wildman–Crippen MR) is 69.5 cm³/mol. The smallest absolute Gasteiger partial charge is 0.224 e. The summed E-state index contributed by atoms with van der Waals surface area (Å²) in [5.41, 5.74) is 0.818. The first-order chi connectivity index (χ1) is 8.26. The van der Waals surface area contributed by atoms with Gasteiger partial charge in [0.15, 0.2) is 0 Å². The zero-order valence-electron chi connectivity index (χ0n) is 9.60. The van der Waals surface area contributed by atoms with Gasteiger partial charge in [0, 0.05) is 18.5 Å². The van der Waals surface area contributed by atoms with Crippen LogP contribution < -0.4 is 4.90 Å². The second-order valence-corrected chi connectivity index (χ2v) is 3.97. The van der Waals surface area contributed by atoms with Crippen molar-refractivity contribution in [2.75, 3.05) is 24.6 Å². The number of aromatic nitrogens is 2. The van der Waals surface area contributed by atoms with E-state index in [1.807, 2.05) is 36.1 Å². The molecule has 0 amide bonds. The standard InChI is InChI=1S/C12H14ClN3O/c1-2-16(7-8-17)11-9-5-3-4-6-10(9)14-12(13)15-11/h3-6,17H,2,7-8H2,1H3. The monoisotopic (exact) mass is 251 g/mol. The van der Waals surface area contributed by atoms with Crippen molar-refractivity contribution in [1.82, 2.24) is 9.97 Å². The van der Waals surface area contributed by atoms with Gasteiger partial charge in [-0.25, -0.2) is 4.98 Å². The fourth-order valence-corrected chi connectivity index (χ4v) is 1.98. The van der Waals surface area contributed by atoms with Gasteiger partial charge < -0.3 is 10.0 Å². The van der Waals surface area contributed by atoms with Crippen molar-refractivity contribution in [3.63, 3.8) is 0 Å². The summed E-state index contributed by atoms with van der Waals surface area (Å²) in [5, 5.41) is 10.2. The van der Waals surface area contributed by atoms with Crippen molar-refractivity contribution in [2.45, 2.75) is 6.92 Å². The molecule has 5 heteroatoms. The number of fused-ring (bicyclic) bond motifs is 1. The van der Waals surface area contributed by atoms with E-state index in [0.717, 1.165) is 23.3 Å². The van der Waals surface area contributed by atoms with E-state index in [9.17, 15) is 0 Å². The number of anilines is 1. The lowest BCUT2D eigenvalue weighted by Gasteiger charge is -2.22. The van der Waals surface area contributed by atoms with Crippen LogP contribution in [0.25, 0.3) is 10.9 Å². The highest BCUT2D eigenvalue weighted by atomic mass is 35.5. The average molecular weight is 252 g/mol. The molecule has 0 unspecified atom stereocenters. The predicted octanol–water partition coefficient (Wildman–Crippen LogP) is 2.10. The lowest BCUT2D eigenvalue weighted by molar-refractivity contribution is 0.302. The van der Waals surface area contributed by atoms with E-state index in [1.54, 1.807) is 0 Å². The molecule has 1 aromatic carbocycles. The molecule has 0 saturated heterocycles. The Bertz CT molecular complexity index is 518. The molecule has 1 aromatic heterocycles. The lowest BCUT2D eigenvalue weighted by Crippen LogP contribution is -2.27. The van der Waals surface area contributed by atoms with Gasteiger partial charge in [-0.3, -0.25) is 0 Å². The fraction of sp³-hybridized carbons (Fsp3) is 0.333. The maximum Gasteiger partial charge on any atom is 0.224 e. The normalized spacial score (nSPS) is 10.8. The maximum absolute atomic E-state index is 9.05. The minimum Gasteiger partial charge on any atom is -0.395 e. The number of aliphatic hydroxyl groups excluding tert-OH is 1. The summed E-state index contributed by atoms with van der Waals surface area (Å²) in [5.74, 6) is 0.775. The SMILES string of the molecule is CCN(CCO)c1nc(Cl)nc2ccccc12. The van der Waals surface area contributed by atoms with Gasteiger partial charge in [0.05, 0.1) is 12.1 Å². The summed E-state index contributed by atoms with van der Waals surface area (Å²) in [6.07, 6.45) is 0. The molecule has 0 aliphatic rings. The summed E-state index contributed by atoms with van der Waals surface area (Å²) < 4.78 is 0. The quantitative estimate of drug-likeness (QED) is 0.846. The van der Waals surface area contributed by atoms with Crippen molar-refractivity contribution >= 4 is 28.3 Å². The molecular weight excluding hydrogens is 238 g/mol. The van der Waals surface area contributed by atoms with Gasteiger partial charge in [0.2, 0.25) is 5.28 Å². The summed E-state index contributed by atoms with van der Waals surface area (Å²) in [7, 11) is 0. The number of likely N-dealkylation sites (N-methyl/N-ethyl adjacent to an activating group) is 1. The number of halogens is 1. The molecule has 0 radical (unpaired) electrons. The number of benzene rings is 1. The Morgan fingerprint density at radius 3 is 2.76 bits per heavy atom. The van der Waals surface area contributed by atoms with E-state index < -0.39 is 0 Å². The molecule has 0 fully saturated rings. The first kappa shape index (κ1) is 12.1. The van der Waals surface area contributed by atoms with E-state index in [4.69, 9.17) is 16.7 Å². The first-order valence-electron chi connectivity index (χ1n) is 5.54. The zero-order valence-corrected chi connectivity index (χ0v) is 10.4. The Kier molecular flexibility index (Phi) is 3.76. The molecule has 0 spiro atoms. The van der Waals surface area contributed by atoms with E-state index in [1.165, 1.54) is 0 Å². The molecule has 17 heavy (non-hydrogen) atoms. The molecule has 0 bridgehead atoms. The molecule has 2 rings (SSSR count). The summed E-state index contributed by atoms with van der Waals surface area (Å²) in [6.45, 7) is 3.40. The summed E-state index contributed by atoms with van der Waals surface area (Å²) in [4.78, 5) is 10.4. The van der Waals surface area contributed by atoms with Crippen LogP contribution in [0.4, 0.5) is 5.82 Å². The van der Waals surface area contributed by atoms with Crippen molar-refractivity contribution in [3.05, 3.63) is 29.5 Å². The maximum atomic E-state index is 9.05. The molecule has 4 nitrogen and oxygen atoms in total. The van der Waals surface area contributed by atoms with Crippen LogP contribution in [0, 0.1) is 0 Å². The highest BCUT2D eigenvalue weighted by Crippen LogP contribution is 2.24. The van der Waals surface area contributed by atoms with Gasteiger partial charge in [0.25, 0.3) is 0 Å². The summed E-state index contributed by atoms with van der Waals surface area (Å²) >= 11 is 5.91. The Balaban J connectivity index is 2.58. The van der Waals surface area contributed by atoms with Gasteiger partial charge in [-0.2, -0.15) is 4.98 Å². The molecule has 0 aliphatic carbocycles. The van der Waals surface area contributed by atoms with Gasteiger partial charge in [0.1, 0.15) is 5.82 Å². The number of para-hydroxylation sites is 1. The minimum absolute atomic E-state index is 0.0871. The van der Waals surface area contributed by atoms with Crippen LogP contribution in [0.3, 0.4) is 0 Å². The average Bonchev–Trinajstić information content (AvgIpc) is 2.35. The number of hydrogen-bond acceptors (Lipinski definition) is 4. The number of aliphatic hydroxyl groups is 1. The molecule has 1 N–H and O–H groups in total. The van der Waals surface area contributed by atoms with Gasteiger partial charge in [-0.1, -0.05) is 12.1 Å². The van der Waals surface area contributed by atoms with Crippen molar-refractivity contribution in [1.29, 1.82) is 0 Å². The van der Waals surface area contributed by atoms with E-state index in [2.05, 4.69) is 9.97 Å². The fourth-order valence-electron chi connectivity index (χ4n) is 1.81. The molecular formula is C12H14ClN3O. The van der Waals surface area contributed by atoms with Gasteiger partial charge >= 0.3 is 0 Å². The molecule has 2 aromatic rings. The molecule has 0 atom stereocenters. The minimum atomic E-state index is 0.0871. The summed E-state index contributed by atoms with van der Waals surface area (Å²) in [6, 6.07) is 7.72. The Hall–Kier alpha value is -1.39. The van der Waals surface area contributed by atoms with Gasteiger partial charge in [-0.15, -0.1) is 0 Å². The third-order valence-corrected chi connectivity index (χ3v) is 2.78. The number of nitrogens with zero attached hydrogens (tertiary/aromatic N) is 3. The molecule has 90 valence electrons. The Labute approximate surface area is 105 Å². The molecule has 0 saturated carbocycles. The van der Waals surface area contributed by atoms with Crippen LogP contribution >= 0.6 is 11.6 Å². The van der Waals surface area contributed by atoms with Crippen molar-refractivity contribution in [2.24, 2.45) is 0 Å². The van der Waals surface area contributed by atoms with Gasteiger partial charge in [-0.05, 0) is 30.7 Å². The third-order valence-electron chi connectivity index (χ3n) is 2.61. The highest BCUT2D eigenvalue weighted by Gasteiger charge is 2.11. The van der Waals surface area contributed by atoms with E-state index >= 15 is 0 Å². The number of rotatable bonds is 4. The van der Waals surface area contributed by atoms with E-state index in [0.29, 0.717) is 6.54 Å². The van der Waals surface area contributed by atoms with Crippen LogP contribution in [0.15, 0.2) is 24.3 Å². The van der Waals surface area contributed by atoms with Crippen molar-refractivity contribution < 1.29 is 5.11 Å². The van der Waals surface area contributed by atoms with Crippen LogP contribution in [0.5, 0.6) is 0 Å². The molecule has 1 heterocycles. The largest absolute Gasteiger partial charge is 0.395 e. The topological polar surface area (TPSA) is 49.2 Å². The van der Waals surface area contributed by atoms with Crippen LogP contribution in [0.2, 0.25) is 5.28 Å². The Morgan fingerprint density at radius 1 is 1.29 bits per heavy atom. The molecule has 0 aliphatic heterocycles. The second-order valence-electron chi connectivity index (χ2n) is 3.64. The van der Waals surface area contributed by atoms with Crippen LogP contribution in [0.1, 0.15) is 6.92 Å². The van der Waals surface area contributed by atoms with Crippen molar-refractivity contribution in [3.8, 4) is 0 Å². The first-order valence-corrected chi connectivity index (χ1v) is 5.92. The highest BCUT2D eigenvalue weighted by molar-refractivity contribution is 6.28. The number of hydrogen-bond donors (Lipinski definition) is 1. The lowest BCUT2D eigenvalue weighted by atomic mass is 10.2. The third kappa shape index (κ3) is 2.48. The zero-order chi connectivity index (χ0) is 12.3. The van der Waals surface area contributed by atoms with Crippen LogP contribution in [-0.4, -0.2) is 34.8 Å². The second kappa shape index (κ2) is 5.29. The van der Waals surface area contributed by atoms with E-state index in [-0.39, 0.29) is 11.9 Å².